The van der Waals surface area contributed by atoms with E-state index in [1.165, 1.54) is 0 Å². The number of aliphatic imine (C=N–C) groups is 2. The first-order valence-corrected chi connectivity index (χ1v) is 8.19. The molecule has 0 aromatic heterocycles. The van der Waals surface area contributed by atoms with Gasteiger partial charge in [-0.2, -0.15) is 0 Å². The number of allylic oxidation sites excluding steroid dienone is 2. The molecule has 22 heavy (non-hydrogen) atoms. The topological polar surface area (TPSA) is 54.3 Å². The molecule has 0 amide bonds. The normalized spacial score (nSPS) is 24.1. The van der Waals surface area contributed by atoms with E-state index in [2.05, 4.69) is 27.9 Å². The number of carbonyl (C=O) groups is 1. The summed E-state index contributed by atoms with van der Waals surface area (Å²) in [5.41, 5.74) is 2.87. The van der Waals surface area contributed by atoms with Gasteiger partial charge in [0.05, 0.1) is 24.4 Å². The third kappa shape index (κ3) is 2.72. The average Bonchev–Trinajstić information content (AvgIpc) is 3.03. The van der Waals surface area contributed by atoms with Gasteiger partial charge in [-0.3, -0.25) is 9.98 Å². The Morgan fingerprint density at radius 1 is 1.45 bits per heavy atom. The zero-order chi connectivity index (χ0) is 15.5. The van der Waals surface area contributed by atoms with Crippen LogP contribution in [-0.4, -0.2) is 42.1 Å². The fraction of sp³-hybridized carbons (Fsp3) is 0.588. The molecule has 0 N–H and O–H groups in total. The SMILES string of the molecule is CCOC(=O)C1=C2CCCN2C(C2=NC=CC(CC)C2)=NC1. The Morgan fingerprint density at radius 3 is 3.09 bits per heavy atom. The molecule has 3 aliphatic heterocycles. The first kappa shape index (κ1) is 15.0. The molecule has 1 atom stereocenters. The molecule has 0 aromatic carbocycles. The molecule has 5 nitrogen and oxygen atoms in total. The molecule has 1 unspecified atom stereocenters. The van der Waals surface area contributed by atoms with Gasteiger partial charge in [0.2, 0.25) is 0 Å². The third-order valence-electron chi connectivity index (χ3n) is 4.46. The molecule has 0 aromatic rings. The lowest BCUT2D eigenvalue weighted by atomic mass is 9.96. The lowest BCUT2D eigenvalue weighted by molar-refractivity contribution is -0.138. The van der Waals surface area contributed by atoms with E-state index in [1.807, 2.05) is 13.1 Å². The first-order valence-electron chi connectivity index (χ1n) is 8.19. The highest BCUT2D eigenvalue weighted by Crippen LogP contribution is 2.30. The van der Waals surface area contributed by atoms with Crippen molar-refractivity contribution in [2.75, 3.05) is 19.7 Å². The van der Waals surface area contributed by atoms with E-state index in [-0.39, 0.29) is 5.97 Å². The number of esters is 1. The van der Waals surface area contributed by atoms with E-state index in [9.17, 15) is 4.79 Å². The summed E-state index contributed by atoms with van der Waals surface area (Å²) in [6.07, 6.45) is 8.09. The van der Waals surface area contributed by atoms with E-state index in [0.29, 0.717) is 19.1 Å². The summed E-state index contributed by atoms with van der Waals surface area (Å²) < 4.78 is 5.17. The van der Waals surface area contributed by atoms with Crippen LogP contribution < -0.4 is 0 Å². The van der Waals surface area contributed by atoms with Crippen LogP contribution in [-0.2, 0) is 9.53 Å². The van der Waals surface area contributed by atoms with Crippen molar-refractivity contribution in [1.29, 1.82) is 0 Å². The molecule has 3 heterocycles. The third-order valence-corrected chi connectivity index (χ3v) is 4.46. The lowest BCUT2D eigenvalue weighted by Gasteiger charge is -2.30. The van der Waals surface area contributed by atoms with E-state index >= 15 is 0 Å². The maximum absolute atomic E-state index is 12.1. The standard InChI is InChI=1S/C17H23N3O2/c1-3-12-7-8-18-14(10-12)16-19-11-13(17(21)22-4-2)15-6-5-9-20(15)16/h7-8,12H,3-6,9-11H2,1-2H3. The minimum atomic E-state index is -0.218. The van der Waals surface area contributed by atoms with Gasteiger partial charge in [-0.15, -0.1) is 0 Å². The zero-order valence-electron chi connectivity index (χ0n) is 13.3. The number of ether oxygens (including phenoxy) is 1. The molecule has 0 saturated carbocycles. The fourth-order valence-corrected chi connectivity index (χ4v) is 3.25. The highest BCUT2D eigenvalue weighted by Gasteiger charge is 2.34. The number of hydrogen-bond donors (Lipinski definition) is 0. The average molecular weight is 301 g/mol. The first-order chi connectivity index (χ1) is 10.7. The van der Waals surface area contributed by atoms with Crippen LogP contribution in [0.4, 0.5) is 0 Å². The van der Waals surface area contributed by atoms with Gasteiger partial charge >= 0.3 is 5.97 Å². The van der Waals surface area contributed by atoms with E-state index in [4.69, 9.17) is 4.74 Å². The summed E-state index contributed by atoms with van der Waals surface area (Å²) in [5.74, 6) is 1.28. The molecule has 3 aliphatic rings. The second-order valence-electron chi connectivity index (χ2n) is 5.83. The van der Waals surface area contributed by atoms with Crippen molar-refractivity contribution >= 4 is 17.5 Å². The second kappa shape index (κ2) is 6.46. The molecule has 0 bridgehead atoms. The smallest absolute Gasteiger partial charge is 0.337 e. The van der Waals surface area contributed by atoms with Crippen LogP contribution in [0.5, 0.6) is 0 Å². The lowest BCUT2D eigenvalue weighted by Crippen LogP contribution is -2.39. The van der Waals surface area contributed by atoms with Gasteiger partial charge in [-0.25, -0.2) is 4.79 Å². The number of hydrogen-bond acceptors (Lipinski definition) is 5. The molecule has 1 saturated heterocycles. The van der Waals surface area contributed by atoms with Crippen LogP contribution in [0.3, 0.4) is 0 Å². The summed E-state index contributed by atoms with van der Waals surface area (Å²) in [4.78, 5) is 23.5. The Labute approximate surface area is 131 Å². The summed E-state index contributed by atoms with van der Waals surface area (Å²) in [6.45, 7) is 5.76. The summed E-state index contributed by atoms with van der Waals surface area (Å²) in [7, 11) is 0. The van der Waals surface area contributed by atoms with Crippen molar-refractivity contribution < 1.29 is 9.53 Å². The van der Waals surface area contributed by atoms with Crippen LogP contribution >= 0.6 is 0 Å². The minimum absolute atomic E-state index is 0.218. The van der Waals surface area contributed by atoms with Gasteiger partial charge in [0, 0.05) is 18.4 Å². The number of carbonyl (C=O) groups excluding carboxylic acids is 1. The molecule has 0 aliphatic carbocycles. The monoisotopic (exact) mass is 301 g/mol. The molecule has 0 spiro atoms. The van der Waals surface area contributed by atoms with E-state index < -0.39 is 0 Å². The predicted molar refractivity (Wildman–Crippen MR) is 86.9 cm³/mol. The molecule has 0 radical (unpaired) electrons. The highest BCUT2D eigenvalue weighted by molar-refractivity contribution is 6.42. The van der Waals surface area contributed by atoms with Crippen molar-refractivity contribution in [3.63, 3.8) is 0 Å². The van der Waals surface area contributed by atoms with E-state index in [1.54, 1.807) is 0 Å². The maximum atomic E-state index is 12.1. The Balaban J connectivity index is 1.84. The van der Waals surface area contributed by atoms with Gasteiger partial charge in [0.1, 0.15) is 5.84 Å². The Hall–Kier alpha value is -1.91. The molecule has 1 fully saturated rings. The quantitative estimate of drug-likeness (QED) is 0.750. The number of nitrogens with zero attached hydrogens (tertiary/aromatic N) is 3. The van der Waals surface area contributed by atoms with Crippen molar-refractivity contribution in [3.8, 4) is 0 Å². The van der Waals surface area contributed by atoms with Gasteiger partial charge in [0.15, 0.2) is 0 Å². The second-order valence-corrected chi connectivity index (χ2v) is 5.83. The zero-order valence-corrected chi connectivity index (χ0v) is 13.3. The van der Waals surface area contributed by atoms with Crippen molar-refractivity contribution in [3.05, 3.63) is 23.5 Å². The van der Waals surface area contributed by atoms with Crippen LogP contribution in [0.1, 0.15) is 39.5 Å². The Bertz CT molecular complexity index is 587. The van der Waals surface area contributed by atoms with Crippen LogP contribution in [0.2, 0.25) is 0 Å². The summed E-state index contributed by atoms with van der Waals surface area (Å²) >= 11 is 0. The largest absolute Gasteiger partial charge is 0.463 e. The van der Waals surface area contributed by atoms with Gasteiger partial charge in [-0.1, -0.05) is 13.0 Å². The van der Waals surface area contributed by atoms with Crippen molar-refractivity contribution in [1.82, 2.24) is 4.90 Å². The minimum Gasteiger partial charge on any atom is -0.463 e. The van der Waals surface area contributed by atoms with Crippen molar-refractivity contribution in [2.24, 2.45) is 15.9 Å². The number of amidine groups is 1. The molecule has 3 rings (SSSR count). The molecular weight excluding hydrogens is 278 g/mol. The summed E-state index contributed by atoms with van der Waals surface area (Å²) in [5, 5.41) is 0. The van der Waals surface area contributed by atoms with Crippen LogP contribution in [0, 0.1) is 5.92 Å². The molecule has 5 heteroatoms. The molecule has 118 valence electrons. The summed E-state index contributed by atoms with van der Waals surface area (Å²) in [6, 6.07) is 0. The Morgan fingerprint density at radius 2 is 2.32 bits per heavy atom. The Kier molecular flexibility index (Phi) is 4.41. The van der Waals surface area contributed by atoms with Gasteiger partial charge in [0.25, 0.3) is 0 Å². The van der Waals surface area contributed by atoms with Crippen molar-refractivity contribution in [2.45, 2.75) is 39.5 Å². The van der Waals surface area contributed by atoms with Gasteiger partial charge in [-0.05, 0) is 38.5 Å². The van der Waals surface area contributed by atoms with Crippen LogP contribution in [0.15, 0.2) is 33.5 Å². The number of rotatable bonds is 4. The predicted octanol–water partition coefficient (Wildman–Crippen LogP) is 2.70. The fourth-order valence-electron chi connectivity index (χ4n) is 3.25. The maximum Gasteiger partial charge on any atom is 0.337 e. The highest BCUT2D eigenvalue weighted by atomic mass is 16.5. The molecular formula is C17H23N3O2. The van der Waals surface area contributed by atoms with Gasteiger partial charge < -0.3 is 9.64 Å². The number of fused-ring (bicyclic) bond motifs is 1. The van der Waals surface area contributed by atoms with E-state index in [0.717, 1.165) is 55.0 Å². The van der Waals surface area contributed by atoms with Crippen LogP contribution in [0.25, 0.3) is 0 Å².